The van der Waals surface area contributed by atoms with Gasteiger partial charge in [0.1, 0.15) is 5.82 Å². The number of nitrogens with zero attached hydrogens (tertiary/aromatic N) is 2. The molecule has 0 fully saturated rings. The molecule has 2 aromatic heterocycles. The van der Waals surface area contributed by atoms with Gasteiger partial charge in [-0.2, -0.15) is 0 Å². The summed E-state index contributed by atoms with van der Waals surface area (Å²) in [4.78, 5) is 9.94. The molecule has 0 aliphatic carbocycles. The summed E-state index contributed by atoms with van der Waals surface area (Å²) in [6.07, 6.45) is 2.56. The Labute approximate surface area is 191 Å². The van der Waals surface area contributed by atoms with Crippen molar-refractivity contribution in [3.8, 4) is 0 Å². The maximum atomic E-state index is 13.3. The molecule has 7 heteroatoms. The third kappa shape index (κ3) is 5.21. The van der Waals surface area contributed by atoms with Crippen LogP contribution < -0.4 is 5.32 Å². The number of aromatic amines is 1. The first-order valence-electron chi connectivity index (χ1n) is 9.98. The number of hydrogen-bond acceptors (Lipinski definition) is 2. The zero-order valence-electron chi connectivity index (χ0n) is 17.0. The van der Waals surface area contributed by atoms with Crippen LogP contribution in [0.5, 0.6) is 0 Å². The number of anilines is 1. The molecule has 0 saturated heterocycles. The SMILES string of the molecule is Cc1[nH]c2ccc(Cl)cc2c1CCN(Cc1ccccn1)C(=S)Nc1ccc(F)cc1. The molecule has 4 aromatic rings. The number of H-pyrrole nitrogens is 1. The second-order valence-corrected chi connectivity index (χ2v) is 8.17. The van der Waals surface area contributed by atoms with E-state index in [1.54, 1.807) is 18.3 Å². The van der Waals surface area contributed by atoms with Gasteiger partial charge in [0.15, 0.2) is 5.11 Å². The van der Waals surface area contributed by atoms with Gasteiger partial charge in [0.2, 0.25) is 0 Å². The van der Waals surface area contributed by atoms with E-state index in [2.05, 4.69) is 27.1 Å². The predicted molar refractivity (Wildman–Crippen MR) is 129 cm³/mol. The van der Waals surface area contributed by atoms with Crippen LogP contribution in [-0.2, 0) is 13.0 Å². The molecule has 2 N–H and O–H groups in total. The lowest BCUT2D eigenvalue weighted by Gasteiger charge is -2.26. The van der Waals surface area contributed by atoms with Crippen LogP contribution in [0.15, 0.2) is 66.9 Å². The summed E-state index contributed by atoms with van der Waals surface area (Å²) in [6, 6.07) is 17.9. The predicted octanol–water partition coefficient (Wildman–Crippen LogP) is 6.11. The van der Waals surface area contributed by atoms with Crippen LogP contribution in [0, 0.1) is 12.7 Å². The first-order valence-corrected chi connectivity index (χ1v) is 10.8. The lowest BCUT2D eigenvalue weighted by molar-refractivity contribution is 0.417. The molecule has 0 spiro atoms. The van der Waals surface area contributed by atoms with Crippen LogP contribution in [0.3, 0.4) is 0 Å². The monoisotopic (exact) mass is 452 g/mol. The van der Waals surface area contributed by atoms with Gasteiger partial charge >= 0.3 is 0 Å². The Kier molecular flexibility index (Phi) is 6.49. The third-order valence-electron chi connectivity index (χ3n) is 5.17. The van der Waals surface area contributed by atoms with Gasteiger partial charge in [-0.1, -0.05) is 17.7 Å². The summed E-state index contributed by atoms with van der Waals surface area (Å²) in [5.41, 5.74) is 5.07. The van der Waals surface area contributed by atoms with E-state index in [1.807, 2.05) is 36.4 Å². The first kappa shape index (κ1) is 21.3. The van der Waals surface area contributed by atoms with Crippen molar-refractivity contribution in [3.05, 3.63) is 94.7 Å². The maximum Gasteiger partial charge on any atom is 0.173 e. The molecule has 0 radical (unpaired) electrons. The molecule has 158 valence electrons. The third-order valence-corrected chi connectivity index (χ3v) is 5.77. The van der Waals surface area contributed by atoms with E-state index in [4.69, 9.17) is 23.8 Å². The average Bonchev–Trinajstić information content (AvgIpc) is 3.07. The largest absolute Gasteiger partial charge is 0.358 e. The minimum absolute atomic E-state index is 0.282. The second-order valence-electron chi connectivity index (χ2n) is 7.35. The molecule has 0 amide bonds. The number of pyridine rings is 1. The Bertz CT molecular complexity index is 1190. The highest BCUT2D eigenvalue weighted by atomic mass is 35.5. The number of aromatic nitrogens is 2. The minimum atomic E-state index is -0.282. The van der Waals surface area contributed by atoms with E-state index in [9.17, 15) is 4.39 Å². The smallest absolute Gasteiger partial charge is 0.173 e. The van der Waals surface area contributed by atoms with Crippen LogP contribution in [0.4, 0.5) is 10.1 Å². The standard InChI is InChI=1S/C24H22ClFN4S/c1-16-21(22-14-17(25)5-10-23(22)28-16)11-13-30(15-20-4-2-3-12-27-20)24(31)29-19-8-6-18(26)7-9-19/h2-10,12,14,28H,11,13,15H2,1H3,(H,29,31). The zero-order valence-corrected chi connectivity index (χ0v) is 18.6. The van der Waals surface area contributed by atoms with E-state index in [0.717, 1.165) is 34.4 Å². The highest BCUT2D eigenvalue weighted by Crippen LogP contribution is 2.26. The fourth-order valence-electron chi connectivity index (χ4n) is 3.60. The summed E-state index contributed by atoms with van der Waals surface area (Å²) in [5, 5.41) is 5.62. The number of benzene rings is 2. The Morgan fingerprint density at radius 1 is 1.16 bits per heavy atom. The maximum absolute atomic E-state index is 13.3. The van der Waals surface area contributed by atoms with Crippen LogP contribution in [0.2, 0.25) is 5.02 Å². The number of hydrogen-bond donors (Lipinski definition) is 2. The van der Waals surface area contributed by atoms with Crippen LogP contribution in [0.25, 0.3) is 10.9 Å². The zero-order chi connectivity index (χ0) is 21.8. The first-order chi connectivity index (χ1) is 15.0. The number of rotatable bonds is 6. The lowest BCUT2D eigenvalue weighted by atomic mass is 10.1. The Morgan fingerprint density at radius 3 is 2.71 bits per heavy atom. The molecule has 0 aliphatic heterocycles. The number of aryl methyl sites for hydroxylation is 1. The molecular weight excluding hydrogens is 431 g/mol. The van der Waals surface area contributed by atoms with Crippen molar-refractivity contribution in [2.75, 3.05) is 11.9 Å². The second kappa shape index (κ2) is 9.45. The fraction of sp³-hybridized carbons (Fsp3) is 0.167. The van der Waals surface area contributed by atoms with Crippen molar-refractivity contribution >= 4 is 45.5 Å². The highest BCUT2D eigenvalue weighted by Gasteiger charge is 2.15. The van der Waals surface area contributed by atoms with Crippen LogP contribution in [-0.4, -0.2) is 26.5 Å². The molecule has 0 atom stereocenters. The van der Waals surface area contributed by atoms with Crippen molar-refractivity contribution in [3.63, 3.8) is 0 Å². The molecule has 4 rings (SSSR count). The fourth-order valence-corrected chi connectivity index (χ4v) is 4.04. The molecule has 0 bridgehead atoms. The van der Waals surface area contributed by atoms with Crippen molar-refractivity contribution < 1.29 is 4.39 Å². The van der Waals surface area contributed by atoms with E-state index in [1.165, 1.54) is 17.7 Å². The summed E-state index contributed by atoms with van der Waals surface area (Å²) >= 11 is 11.9. The van der Waals surface area contributed by atoms with Gasteiger partial charge in [0, 0.05) is 40.0 Å². The molecule has 0 saturated carbocycles. The highest BCUT2D eigenvalue weighted by molar-refractivity contribution is 7.80. The van der Waals surface area contributed by atoms with Crippen LogP contribution >= 0.6 is 23.8 Å². The number of nitrogens with one attached hydrogen (secondary N) is 2. The average molecular weight is 453 g/mol. The summed E-state index contributed by atoms with van der Waals surface area (Å²) in [6.45, 7) is 3.32. The Hall–Kier alpha value is -2.96. The van der Waals surface area contributed by atoms with Gasteiger partial charge in [0.05, 0.1) is 12.2 Å². The van der Waals surface area contributed by atoms with Crippen LogP contribution in [0.1, 0.15) is 17.0 Å². The molecule has 2 aromatic carbocycles. The number of fused-ring (bicyclic) bond motifs is 1. The summed E-state index contributed by atoms with van der Waals surface area (Å²) in [5.74, 6) is -0.282. The Balaban J connectivity index is 1.55. The van der Waals surface area contributed by atoms with E-state index in [-0.39, 0.29) is 5.82 Å². The molecule has 2 heterocycles. The summed E-state index contributed by atoms with van der Waals surface area (Å²) < 4.78 is 13.3. The molecule has 0 aliphatic rings. The number of halogens is 2. The normalized spacial score (nSPS) is 10.9. The van der Waals surface area contributed by atoms with E-state index in [0.29, 0.717) is 23.2 Å². The van der Waals surface area contributed by atoms with Crippen molar-refractivity contribution in [2.24, 2.45) is 0 Å². The van der Waals surface area contributed by atoms with Gasteiger partial charge in [-0.25, -0.2) is 4.39 Å². The van der Waals surface area contributed by atoms with Gasteiger partial charge < -0.3 is 15.2 Å². The Morgan fingerprint density at radius 2 is 1.97 bits per heavy atom. The topological polar surface area (TPSA) is 44.0 Å². The van der Waals surface area contributed by atoms with Crippen molar-refractivity contribution in [1.82, 2.24) is 14.9 Å². The molecule has 4 nitrogen and oxygen atoms in total. The molecule has 0 unspecified atom stereocenters. The van der Waals surface area contributed by atoms with Crippen molar-refractivity contribution in [1.29, 1.82) is 0 Å². The van der Waals surface area contributed by atoms with Gasteiger partial charge in [0.25, 0.3) is 0 Å². The molecular formula is C24H22ClFN4S. The van der Waals surface area contributed by atoms with E-state index < -0.39 is 0 Å². The minimum Gasteiger partial charge on any atom is -0.358 e. The van der Waals surface area contributed by atoms with Crippen molar-refractivity contribution in [2.45, 2.75) is 19.9 Å². The summed E-state index contributed by atoms with van der Waals surface area (Å²) in [7, 11) is 0. The quantitative estimate of drug-likeness (QED) is 0.346. The molecule has 31 heavy (non-hydrogen) atoms. The van der Waals surface area contributed by atoms with Gasteiger partial charge in [-0.15, -0.1) is 0 Å². The van der Waals surface area contributed by atoms with Gasteiger partial charge in [-0.3, -0.25) is 4.98 Å². The number of thiocarbonyl (C=S) groups is 1. The van der Waals surface area contributed by atoms with Gasteiger partial charge in [-0.05, 0) is 85.7 Å². The lowest BCUT2D eigenvalue weighted by Crippen LogP contribution is -2.36. The van der Waals surface area contributed by atoms with E-state index >= 15 is 0 Å².